The largest absolute Gasteiger partial charge is 0.385 e. The Morgan fingerprint density at radius 2 is 1.92 bits per heavy atom. The molecule has 1 saturated carbocycles. The lowest BCUT2D eigenvalue weighted by atomic mass is 10.3. The highest BCUT2D eigenvalue weighted by molar-refractivity contribution is 14.1. The predicted molar refractivity (Wildman–Crippen MR) is 60.4 cm³/mol. The van der Waals surface area contributed by atoms with Gasteiger partial charge < -0.3 is 5.32 Å². The molecule has 0 radical (unpaired) electrons. The molecule has 1 nitrogen and oxygen atoms in total. The molecule has 1 aromatic carbocycles. The van der Waals surface area contributed by atoms with Gasteiger partial charge in [-0.05, 0) is 65.6 Å². The molecule has 2 heteroatoms. The molecule has 0 saturated heterocycles. The van der Waals surface area contributed by atoms with Crippen LogP contribution in [0.3, 0.4) is 0 Å². The van der Waals surface area contributed by atoms with Crippen LogP contribution in [-0.4, -0.2) is 6.54 Å². The summed E-state index contributed by atoms with van der Waals surface area (Å²) in [6.07, 6.45) is 2.83. The van der Waals surface area contributed by atoms with Crippen LogP contribution < -0.4 is 5.32 Å². The van der Waals surface area contributed by atoms with Gasteiger partial charge in [-0.15, -0.1) is 0 Å². The van der Waals surface area contributed by atoms with Gasteiger partial charge in [0.15, 0.2) is 0 Å². The van der Waals surface area contributed by atoms with E-state index in [-0.39, 0.29) is 0 Å². The third kappa shape index (κ3) is 2.37. The van der Waals surface area contributed by atoms with E-state index in [1.165, 1.54) is 22.1 Å². The zero-order valence-corrected chi connectivity index (χ0v) is 9.04. The van der Waals surface area contributed by atoms with Crippen molar-refractivity contribution in [3.8, 4) is 0 Å². The SMILES string of the molecule is Ic1ccc(NCC2CC2)cc1. The maximum absolute atomic E-state index is 3.43. The molecular formula is C10H12IN. The maximum atomic E-state index is 3.43. The fraction of sp³-hybridized carbons (Fsp3) is 0.400. The lowest BCUT2D eigenvalue weighted by Gasteiger charge is -2.04. The molecule has 0 unspecified atom stereocenters. The van der Waals surface area contributed by atoms with E-state index in [9.17, 15) is 0 Å². The fourth-order valence-electron chi connectivity index (χ4n) is 1.15. The van der Waals surface area contributed by atoms with Gasteiger partial charge in [0.1, 0.15) is 0 Å². The van der Waals surface area contributed by atoms with E-state index < -0.39 is 0 Å². The fourth-order valence-corrected chi connectivity index (χ4v) is 1.51. The van der Waals surface area contributed by atoms with Gasteiger partial charge >= 0.3 is 0 Å². The Morgan fingerprint density at radius 3 is 2.50 bits per heavy atom. The molecule has 0 heterocycles. The van der Waals surface area contributed by atoms with Gasteiger partial charge in [-0.3, -0.25) is 0 Å². The maximum Gasteiger partial charge on any atom is 0.0340 e. The molecule has 1 aromatic rings. The Kier molecular flexibility index (Phi) is 2.54. The van der Waals surface area contributed by atoms with Gasteiger partial charge in [-0.1, -0.05) is 0 Å². The molecule has 2 rings (SSSR count). The molecule has 1 fully saturated rings. The first kappa shape index (κ1) is 8.35. The minimum Gasteiger partial charge on any atom is -0.385 e. The van der Waals surface area contributed by atoms with Crippen LogP contribution in [0.4, 0.5) is 5.69 Å². The number of anilines is 1. The average Bonchev–Trinajstić information content (AvgIpc) is 2.87. The topological polar surface area (TPSA) is 12.0 Å². The highest BCUT2D eigenvalue weighted by atomic mass is 127. The van der Waals surface area contributed by atoms with Crippen molar-refractivity contribution in [1.82, 2.24) is 0 Å². The monoisotopic (exact) mass is 273 g/mol. The van der Waals surface area contributed by atoms with Gasteiger partial charge in [0.2, 0.25) is 0 Å². The Bertz CT molecular complexity index is 251. The van der Waals surface area contributed by atoms with Crippen LogP contribution in [0.2, 0.25) is 0 Å². The first-order valence-corrected chi connectivity index (χ1v) is 5.42. The molecular weight excluding hydrogens is 261 g/mol. The van der Waals surface area contributed by atoms with Crippen molar-refractivity contribution < 1.29 is 0 Å². The predicted octanol–water partition coefficient (Wildman–Crippen LogP) is 3.11. The standard InChI is InChI=1S/C10H12IN/c11-9-3-5-10(6-4-9)12-7-8-1-2-8/h3-6,8,12H,1-2,7H2. The van der Waals surface area contributed by atoms with Crippen molar-refractivity contribution in [3.05, 3.63) is 27.8 Å². The van der Waals surface area contributed by atoms with Gasteiger partial charge in [0.25, 0.3) is 0 Å². The third-order valence-electron chi connectivity index (χ3n) is 2.14. The summed E-state index contributed by atoms with van der Waals surface area (Å²) in [6, 6.07) is 8.56. The van der Waals surface area contributed by atoms with Crippen LogP contribution in [0.25, 0.3) is 0 Å². The summed E-state index contributed by atoms with van der Waals surface area (Å²) in [5.41, 5.74) is 1.25. The van der Waals surface area contributed by atoms with Crippen molar-refractivity contribution in [2.45, 2.75) is 12.8 Å². The molecule has 1 N–H and O–H groups in total. The summed E-state index contributed by atoms with van der Waals surface area (Å²) in [6.45, 7) is 1.15. The summed E-state index contributed by atoms with van der Waals surface area (Å²) in [5, 5.41) is 3.43. The third-order valence-corrected chi connectivity index (χ3v) is 2.86. The van der Waals surface area contributed by atoms with E-state index in [0.29, 0.717) is 0 Å². The Hall–Kier alpha value is -0.250. The number of hydrogen-bond acceptors (Lipinski definition) is 1. The van der Waals surface area contributed by atoms with Gasteiger partial charge in [-0.25, -0.2) is 0 Å². The van der Waals surface area contributed by atoms with Crippen LogP contribution in [0.15, 0.2) is 24.3 Å². The minimum absolute atomic E-state index is 0.948. The van der Waals surface area contributed by atoms with Crippen molar-refractivity contribution in [3.63, 3.8) is 0 Å². The summed E-state index contributed by atoms with van der Waals surface area (Å²) >= 11 is 2.32. The molecule has 0 atom stereocenters. The highest BCUT2D eigenvalue weighted by Crippen LogP contribution is 2.28. The first-order valence-electron chi connectivity index (χ1n) is 4.34. The summed E-state index contributed by atoms with van der Waals surface area (Å²) in [5.74, 6) is 0.948. The number of hydrogen-bond donors (Lipinski definition) is 1. The Labute approximate surface area is 86.7 Å². The van der Waals surface area contributed by atoms with Gasteiger partial charge in [0.05, 0.1) is 0 Å². The minimum atomic E-state index is 0.948. The van der Waals surface area contributed by atoms with E-state index in [1.807, 2.05) is 0 Å². The molecule has 1 aliphatic carbocycles. The van der Waals surface area contributed by atoms with Crippen LogP contribution >= 0.6 is 22.6 Å². The Balaban J connectivity index is 1.89. The second-order valence-electron chi connectivity index (χ2n) is 3.33. The zero-order valence-electron chi connectivity index (χ0n) is 6.89. The summed E-state index contributed by atoms with van der Waals surface area (Å²) in [4.78, 5) is 0. The van der Waals surface area contributed by atoms with Crippen molar-refractivity contribution in [1.29, 1.82) is 0 Å². The normalized spacial score (nSPS) is 16.1. The second kappa shape index (κ2) is 3.64. The summed E-state index contributed by atoms with van der Waals surface area (Å²) in [7, 11) is 0. The Morgan fingerprint density at radius 1 is 1.25 bits per heavy atom. The average molecular weight is 273 g/mol. The molecule has 0 spiro atoms. The van der Waals surface area contributed by atoms with E-state index >= 15 is 0 Å². The van der Waals surface area contributed by atoms with Crippen LogP contribution in [0.5, 0.6) is 0 Å². The molecule has 0 amide bonds. The van der Waals surface area contributed by atoms with Crippen molar-refractivity contribution in [2.24, 2.45) is 5.92 Å². The number of rotatable bonds is 3. The lowest BCUT2D eigenvalue weighted by molar-refractivity contribution is 0.889. The van der Waals surface area contributed by atoms with Crippen LogP contribution in [0, 0.1) is 9.49 Å². The number of nitrogens with one attached hydrogen (secondary N) is 1. The van der Waals surface area contributed by atoms with Crippen molar-refractivity contribution >= 4 is 28.3 Å². The number of halogens is 1. The zero-order chi connectivity index (χ0) is 8.39. The van der Waals surface area contributed by atoms with Gasteiger partial charge in [-0.2, -0.15) is 0 Å². The summed E-state index contributed by atoms with van der Waals surface area (Å²) < 4.78 is 1.30. The van der Waals surface area contributed by atoms with Crippen molar-refractivity contribution in [2.75, 3.05) is 11.9 Å². The van der Waals surface area contributed by atoms with E-state index in [1.54, 1.807) is 0 Å². The molecule has 0 aromatic heterocycles. The van der Waals surface area contributed by atoms with Crippen LogP contribution in [-0.2, 0) is 0 Å². The quantitative estimate of drug-likeness (QED) is 0.834. The smallest absolute Gasteiger partial charge is 0.0340 e. The van der Waals surface area contributed by atoms with E-state index in [0.717, 1.165) is 12.5 Å². The molecule has 64 valence electrons. The first-order chi connectivity index (χ1) is 5.84. The number of benzene rings is 1. The van der Waals surface area contributed by atoms with Crippen LogP contribution in [0.1, 0.15) is 12.8 Å². The van der Waals surface area contributed by atoms with Gasteiger partial charge in [0, 0.05) is 15.8 Å². The molecule has 12 heavy (non-hydrogen) atoms. The van der Waals surface area contributed by atoms with E-state index in [2.05, 4.69) is 52.2 Å². The molecule has 0 bridgehead atoms. The highest BCUT2D eigenvalue weighted by Gasteiger charge is 2.20. The molecule has 0 aliphatic heterocycles. The molecule has 1 aliphatic rings. The van der Waals surface area contributed by atoms with E-state index in [4.69, 9.17) is 0 Å². The second-order valence-corrected chi connectivity index (χ2v) is 4.58. The lowest BCUT2D eigenvalue weighted by Crippen LogP contribution is -2.02.